The third kappa shape index (κ3) is 4.73. The van der Waals surface area contributed by atoms with Gasteiger partial charge >= 0.3 is 12.1 Å². The van der Waals surface area contributed by atoms with E-state index >= 15 is 0 Å². The number of hydrogen-bond donors (Lipinski definition) is 0. The molecule has 0 saturated heterocycles. The molecule has 0 amide bonds. The van der Waals surface area contributed by atoms with E-state index in [0.29, 0.717) is 60.4 Å². The third-order valence-corrected chi connectivity index (χ3v) is 6.87. The summed E-state index contributed by atoms with van der Waals surface area (Å²) in [6.07, 6.45) is -0.318. The lowest BCUT2D eigenvalue weighted by atomic mass is 9.77. The van der Waals surface area contributed by atoms with Crippen molar-refractivity contribution < 1.29 is 36.9 Å². The minimum Gasteiger partial charge on any atom is -0.479 e. The highest BCUT2D eigenvalue weighted by atomic mass is 19.4. The lowest BCUT2D eigenvalue weighted by Gasteiger charge is -2.32. The van der Waals surface area contributed by atoms with E-state index in [-0.39, 0.29) is 6.42 Å². The maximum absolute atomic E-state index is 13.6. The largest absolute Gasteiger partial charge is 0.479 e. The molecule has 0 spiro atoms. The molecule has 1 aliphatic heterocycles. The first kappa shape index (κ1) is 27.1. The molecule has 1 atom stereocenters. The van der Waals surface area contributed by atoms with Crippen LogP contribution in [0.4, 0.5) is 17.6 Å². The van der Waals surface area contributed by atoms with Gasteiger partial charge in [0.25, 0.3) is 0 Å². The summed E-state index contributed by atoms with van der Waals surface area (Å²) in [6.45, 7) is 4.11. The van der Waals surface area contributed by atoms with Crippen molar-refractivity contribution in [3.8, 4) is 28.8 Å². The Balaban J connectivity index is 1.43. The third-order valence-electron chi connectivity index (χ3n) is 6.87. The Morgan fingerprint density at radius 3 is 2.65 bits per heavy atom. The average molecular weight is 561 g/mol. The number of alkyl halides is 3. The number of ether oxygens (including phenoxy) is 1. The average Bonchev–Trinajstić information content (AvgIpc) is 3.57. The molecule has 0 bridgehead atoms. The standard InChI is InChI=1S/C26H24F4N6O4/c1-4-25(24(37)40-39-16-6-7-18(27)17(12-16)26(28,29)30)10-5-11-36-21(33-34-23(25)36)19-8-9-20(22(32-19)38-3)35-13-15(2)31-14-35/h6-9,12-14H,4-5,10-11H2,1-3H3. The molecule has 0 saturated carbocycles. The number of methoxy groups -OCH3 is 1. The van der Waals surface area contributed by atoms with Crippen LogP contribution in [-0.4, -0.2) is 42.4 Å². The van der Waals surface area contributed by atoms with Crippen LogP contribution in [0.5, 0.6) is 11.6 Å². The van der Waals surface area contributed by atoms with Gasteiger partial charge in [-0.25, -0.2) is 24.0 Å². The molecule has 1 aliphatic rings. The van der Waals surface area contributed by atoms with Crippen LogP contribution in [0, 0.1) is 12.7 Å². The number of imidazole rings is 1. The van der Waals surface area contributed by atoms with E-state index in [4.69, 9.17) is 14.5 Å². The fourth-order valence-corrected chi connectivity index (χ4v) is 4.78. The van der Waals surface area contributed by atoms with Gasteiger partial charge in [0.15, 0.2) is 17.4 Å². The lowest BCUT2D eigenvalue weighted by Crippen LogP contribution is -2.43. The number of aryl methyl sites for hydroxylation is 1. The molecule has 5 rings (SSSR count). The predicted octanol–water partition coefficient (Wildman–Crippen LogP) is 4.98. The molecule has 14 heteroatoms. The summed E-state index contributed by atoms with van der Waals surface area (Å²) >= 11 is 0. The van der Waals surface area contributed by atoms with E-state index in [9.17, 15) is 22.4 Å². The first-order valence-corrected chi connectivity index (χ1v) is 12.3. The normalized spacial score (nSPS) is 16.9. The number of pyridine rings is 1. The number of nitrogens with zero attached hydrogens (tertiary/aromatic N) is 6. The van der Waals surface area contributed by atoms with Gasteiger partial charge in [-0.2, -0.15) is 13.2 Å². The Bertz CT molecular complexity index is 1570. The van der Waals surface area contributed by atoms with Gasteiger partial charge in [0.2, 0.25) is 5.88 Å². The van der Waals surface area contributed by atoms with E-state index in [1.807, 2.05) is 13.1 Å². The molecular weight excluding hydrogens is 536 g/mol. The molecule has 10 nitrogen and oxygen atoms in total. The number of carbonyl (C=O) groups is 1. The second-order valence-electron chi connectivity index (χ2n) is 9.28. The van der Waals surface area contributed by atoms with Gasteiger partial charge in [0, 0.05) is 18.8 Å². The summed E-state index contributed by atoms with van der Waals surface area (Å²) in [6, 6.07) is 5.51. The maximum Gasteiger partial charge on any atom is 0.419 e. The number of aromatic nitrogens is 6. The maximum atomic E-state index is 13.6. The highest BCUT2D eigenvalue weighted by molar-refractivity contribution is 5.82. The number of rotatable bonds is 7. The Kier molecular flexibility index (Phi) is 6.94. The zero-order valence-electron chi connectivity index (χ0n) is 21.7. The number of benzene rings is 1. The molecule has 0 fully saturated rings. The molecule has 0 aliphatic carbocycles. The van der Waals surface area contributed by atoms with E-state index in [2.05, 4.69) is 20.2 Å². The van der Waals surface area contributed by atoms with Crippen LogP contribution >= 0.6 is 0 Å². The molecule has 1 aromatic carbocycles. The van der Waals surface area contributed by atoms with Gasteiger partial charge in [-0.05, 0) is 50.5 Å². The molecule has 0 N–H and O–H groups in total. The van der Waals surface area contributed by atoms with Crippen molar-refractivity contribution in [2.75, 3.05) is 7.11 Å². The van der Waals surface area contributed by atoms with Crippen molar-refractivity contribution in [3.05, 3.63) is 65.8 Å². The lowest BCUT2D eigenvalue weighted by molar-refractivity contribution is -0.222. The van der Waals surface area contributed by atoms with Crippen molar-refractivity contribution >= 4 is 5.97 Å². The summed E-state index contributed by atoms with van der Waals surface area (Å²) in [4.78, 5) is 32.1. The van der Waals surface area contributed by atoms with Gasteiger partial charge in [-0.15, -0.1) is 10.2 Å². The molecule has 40 heavy (non-hydrogen) atoms. The van der Waals surface area contributed by atoms with Gasteiger partial charge in [-0.3, -0.25) is 4.89 Å². The second-order valence-corrected chi connectivity index (χ2v) is 9.28. The Morgan fingerprint density at radius 2 is 1.98 bits per heavy atom. The zero-order valence-corrected chi connectivity index (χ0v) is 21.7. The van der Waals surface area contributed by atoms with Crippen LogP contribution in [-0.2, 0) is 27.8 Å². The summed E-state index contributed by atoms with van der Waals surface area (Å²) in [5, 5.41) is 8.60. The summed E-state index contributed by atoms with van der Waals surface area (Å²) in [5.74, 6) is -1.76. The van der Waals surface area contributed by atoms with Crippen LogP contribution < -0.4 is 9.62 Å². The topological polar surface area (TPSA) is 106 Å². The quantitative estimate of drug-likeness (QED) is 0.177. The van der Waals surface area contributed by atoms with Crippen LogP contribution in [0.15, 0.2) is 42.9 Å². The van der Waals surface area contributed by atoms with Crippen molar-refractivity contribution in [1.82, 2.24) is 29.3 Å². The number of carbonyl (C=O) groups excluding carboxylic acids is 1. The summed E-state index contributed by atoms with van der Waals surface area (Å²) < 4.78 is 61.8. The predicted molar refractivity (Wildman–Crippen MR) is 131 cm³/mol. The summed E-state index contributed by atoms with van der Waals surface area (Å²) in [7, 11) is 1.50. The Hall–Kier alpha value is -4.49. The van der Waals surface area contributed by atoms with E-state index in [1.54, 1.807) is 34.5 Å². The Morgan fingerprint density at radius 1 is 1.18 bits per heavy atom. The molecule has 4 heterocycles. The first-order valence-electron chi connectivity index (χ1n) is 12.3. The smallest absolute Gasteiger partial charge is 0.419 e. The van der Waals surface area contributed by atoms with Crippen LogP contribution in [0.1, 0.15) is 43.3 Å². The fourth-order valence-electron chi connectivity index (χ4n) is 4.78. The highest BCUT2D eigenvalue weighted by Gasteiger charge is 2.48. The van der Waals surface area contributed by atoms with Crippen molar-refractivity contribution in [2.24, 2.45) is 0 Å². The van der Waals surface area contributed by atoms with E-state index in [1.165, 1.54) is 7.11 Å². The Labute approximate surface area is 225 Å². The fraction of sp³-hybridized carbons (Fsp3) is 0.346. The van der Waals surface area contributed by atoms with Crippen LogP contribution in [0.2, 0.25) is 0 Å². The molecule has 1 unspecified atom stereocenters. The van der Waals surface area contributed by atoms with Gasteiger partial charge in [-0.1, -0.05) is 6.92 Å². The molecular formula is C26H24F4N6O4. The van der Waals surface area contributed by atoms with Gasteiger partial charge in [0.1, 0.15) is 22.6 Å². The molecule has 0 radical (unpaired) electrons. The van der Waals surface area contributed by atoms with Crippen molar-refractivity contribution in [1.29, 1.82) is 0 Å². The minimum absolute atomic E-state index is 0.250. The SMILES string of the molecule is CCC1(C(=O)OOc2ccc(F)c(C(F)(F)F)c2)CCCn2c(-c3ccc(-n4cnc(C)c4)c(OC)n3)nnc21. The van der Waals surface area contributed by atoms with Gasteiger partial charge < -0.3 is 13.9 Å². The molecule has 4 aromatic rings. The first-order chi connectivity index (χ1) is 19.1. The van der Waals surface area contributed by atoms with E-state index < -0.39 is 34.7 Å². The monoisotopic (exact) mass is 560 g/mol. The number of halogens is 4. The minimum atomic E-state index is -4.94. The summed E-state index contributed by atoms with van der Waals surface area (Å²) in [5.41, 5.74) is -0.869. The van der Waals surface area contributed by atoms with E-state index in [0.717, 1.165) is 11.8 Å². The number of fused-ring (bicyclic) bond motifs is 1. The molecule has 3 aromatic heterocycles. The van der Waals surface area contributed by atoms with Crippen LogP contribution in [0.3, 0.4) is 0 Å². The second kappa shape index (κ2) is 10.2. The molecule has 210 valence electrons. The van der Waals surface area contributed by atoms with Crippen molar-refractivity contribution in [3.63, 3.8) is 0 Å². The van der Waals surface area contributed by atoms with Crippen LogP contribution in [0.25, 0.3) is 17.2 Å². The van der Waals surface area contributed by atoms with Crippen molar-refractivity contribution in [2.45, 2.75) is 51.2 Å². The van der Waals surface area contributed by atoms with Gasteiger partial charge in [0.05, 0.1) is 24.7 Å². The zero-order chi connectivity index (χ0) is 28.7. The number of hydrogen-bond acceptors (Lipinski definition) is 8. The highest BCUT2D eigenvalue weighted by Crippen LogP contribution is 2.40.